The highest BCUT2D eigenvalue weighted by Crippen LogP contribution is 2.38. The molecule has 0 amide bonds. The number of hydrogen-bond acceptors (Lipinski definition) is 8. The molecule has 10 heteroatoms. The maximum absolute atomic E-state index is 12.6. The third kappa shape index (κ3) is 39.7. The van der Waals surface area contributed by atoms with Crippen LogP contribution in [-0.2, 0) is 27.9 Å². The lowest BCUT2D eigenvalue weighted by molar-refractivity contribution is -0.870. The molecule has 0 radical (unpaired) electrons. The normalized spacial score (nSPS) is 14.9. The molecule has 0 saturated heterocycles. The smallest absolute Gasteiger partial charge is 0.306 e. The summed E-state index contributed by atoms with van der Waals surface area (Å²) in [6.45, 7) is 4.45. The van der Waals surface area contributed by atoms with Crippen LogP contribution in [0.15, 0.2) is 60.9 Å². The predicted octanol–water partition coefficient (Wildman–Crippen LogP) is 10.8. The average Bonchev–Trinajstić information content (AvgIpc) is 3.11. The standard InChI is InChI=1S/C44H80NO8P/c1-6-8-10-12-14-15-16-17-18-19-20-21-22-24-29-33-38-50-40-43(41-52-54(48,49)51-39-37-45(3,4)5)53-44(47)36-32-28-25-27-31-35-42(46)34-30-26-23-13-11-9-7-2/h9,11,15-16,23,26,30,33-34,38,42-43,46H,6-8,10,12-14,17-22,24-25,27-29,31-32,35-37,39-41H2,1-5H3/b11-9+,16-15-,26-23+,34-30+,38-33+/t42?,43-/m1/s1. The van der Waals surface area contributed by atoms with Crippen molar-refractivity contribution in [1.82, 2.24) is 0 Å². The summed E-state index contributed by atoms with van der Waals surface area (Å²) in [7, 11) is 1.25. The molecule has 0 aliphatic heterocycles. The molecule has 0 rings (SSSR count). The molecule has 314 valence electrons. The summed E-state index contributed by atoms with van der Waals surface area (Å²) in [4.78, 5) is 25.0. The lowest BCUT2D eigenvalue weighted by Crippen LogP contribution is -2.37. The molecule has 3 atom stereocenters. The number of quaternary nitrogens is 1. The number of phosphoric acid groups is 1. The molecule has 0 aromatic heterocycles. The van der Waals surface area contributed by atoms with Crippen LogP contribution < -0.4 is 4.89 Å². The third-order valence-corrected chi connectivity index (χ3v) is 9.69. The second kappa shape index (κ2) is 36.6. The van der Waals surface area contributed by atoms with Gasteiger partial charge in [-0.1, -0.05) is 133 Å². The van der Waals surface area contributed by atoms with Gasteiger partial charge < -0.3 is 33.0 Å². The molecule has 0 aliphatic carbocycles. The number of carbonyl (C=O) groups is 1. The molecular weight excluding hydrogens is 701 g/mol. The first-order valence-electron chi connectivity index (χ1n) is 21.2. The molecule has 54 heavy (non-hydrogen) atoms. The minimum atomic E-state index is -4.57. The van der Waals surface area contributed by atoms with Gasteiger partial charge in [-0.2, -0.15) is 0 Å². The first-order valence-corrected chi connectivity index (χ1v) is 22.6. The molecular formula is C44H80NO8P. The maximum atomic E-state index is 12.6. The molecule has 1 N–H and O–H groups in total. The number of hydrogen-bond donors (Lipinski definition) is 1. The number of aliphatic hydroxyl groups is 1. The highest BCUT2D eigenvalue weighted by Gasteiger charge is 2.20. The fraction of sp³-hybridized carbons (Fsp3) is 0.750. The summed E-state index contributed by atoms with van der Waals surface area (Å²) >= 11 is 0. The fourth-order valence-corrected chi connectivity index (χ4v) is 6.12. The van der Waals surface area contributed by atoms with Crippen LogP contribution >= 0.6 is 7.82 Å². The third-order valence-electron chi connectivity index (χ3n) is 8.72. The molecule has 0 aromatic rings. The summed E-state index contributed by atoms with van der Waals surface area (Å²) < 4.78 is 34.2. The van der Waals surface area contributed by atoms with Crippen LogP contribution in [0.4, 0.5) is 0 Å². The van der Waals surface area contributed by atoms with Crippen molar-refractivity contribution in [2.75, 3.05) is 47.5 Å². The number of likely N-dealkylation sites (N-methyl/N-ethyl adjacent to an activating group) is 1. The molecule has 2 unspecified atom stereocenters. The second-order valence-electron chi connectivity index (χ2n) is 15.2. The average molecular weight is 782 g/mol. The van der Waals surface area contributed by atoms with E-state index >= 15 is 0 Å². The minimum Gasteiger partial charge on any atom is -0.756 e. The Bertz CT molecular complexity index is 1070. The van der Waals surface area contributed by atoms with Crippen molar-refractivity contribution in [3.63, 3.8) is 0 Å². The zero-order valence-electron chi connectivity index (χ0n) is 35.0. The van der Waals surface area contributed by atoms with Gasteiger partial charge in [0.05, 0.1) is 40.1 Å². The fourth-order valence-electron chi connectivity index (χ4n) is 5.39. The number of aliphatic hydroxyl groups excluding tert-OH is 1. The van der Waals surface area contributed by atoms with E-state index in [0.717, 1.165) is 51.4 Å². The van der Waals surface area contributed by atoms with Crippen molar-refractivity contribution in [2.24, 2.45) is 0 Å². The number of carbonyl (C=O) groups excluding carboxylic acids is 1. The number of rotatable bonds is 38. The van der Waals surface area contributed by atoms with E-state index in [1.165, 1.54) is 70.6 Å². The van der Waals surface area contributed by atoms with Gasteiger partial charge in [-0.3, -0.25) is 9.36 Å². The molecule has 0 bridgehead atoms. The summed E-state index contributed by atoms with van der Waals surface area (Å²) in [5.74, 6) is -0.417. The van der Waals surface area contributed by atoms with Gasteiger partial charge in [0, 0.05) is 6.42 Å². The van der Waals surface area contributed by atoms with Gasteiger partial charge in [-0.05, 0) is 70.3 Å². The second-order valence-corrected chi connectivity index (χ2v) is 16.6. The Hall–Kier alpha value is -2.00. The first kappa shape index (κ1) is 52.0. The number of allylic oxidation sites excluding steroid dienone is 8. The highest BCUT2D eigenvalue weighted by atomic mass is 31.2. The zero-order chi connectivity index (χ0) is 40.0. The molecule has 0 spiro atoms. The van der Waals surface area contributed by atoms with E-state index < -0.39 is 26.0 Å². The Morgan fingerprint density at radius 1 is 0.722 bits per heavy atom. The summed E-state index contributed by atoms with van der Waals surface area (Å²) in [6.07, 6.45) is 42.0. The van der Waals surface area contributed by atoms with E-state index in [4.69, 9.17) is 18.5 Å². The van der Waals surface area contributed by atoms with Crippen LogP contribution in [0.1, 0.15) is 155 Å². The quantitative estimate of drug-likeness (QED) is 0.0125. The Morgan fingerprint density at radius 3 is 1.98 bits per heavy atom. The van der Waals surface area contributed by atoms with Crippen molar-refractivity contribution in [3.8, 4) is 0 Å². The number of nitrogens with zero attached hydrogens (tertiary/aromatic N) is 1. The zero-order valence-corrected chi connectivity index (χ0v) is 35.9. The maximum Gasteiger partial charge on any atom is 0.306 e. The Kier molecular flexibility index (Phi) is 35.3. The van der Waals surface area contributed by atoms with Gasteiger partial charge in [-0.15, -0.1) is 0 Å². The lowest BCUT2D eigenvalue weighted by atomic mass is 10.1. The van der Waals surface area contributed by atoms with Gasteiger partial charge in [0.2, 0.25) is 0 Å². The number of phosphoric ester groups is 1. The van der Waals surface area contributed by atoms with E-state index in [0.29, 0.717) is 23.9 Å². The van der Waals surface area contributed by atoms with Crippen molar-refractivity contribution in [2.45, 2.75) is 167 Å². The van der Waals surface area contributed by atoms with E-state index in [2.05, 4.69) is 44.2 Å². The number of unbranched alkanes of at least 4 members (excludes halogenated alkanes) is 15. The van der Waals surface area contributed by atoms with Crippen molar-refractivity contribution < 1.29 is 42.4 Å². The molecule has 0 aromatic carbocycles. The van der Waals surface area contributed by atoms with Crippen molar-refractivity contribution >= 4 is 13.8 Å². The van der Waals surface area contributed by atoms with Crippen molar-refractivity contribution in [1.29, 1.82) is 0 Å². The number of ether oxygens (including phenoxy) is 2. The van der Waals surface area contributed by atoms with Crippen LogP contribution in [-0.4, -0.2) is 75.3 Å². The van der Waals surface area contributed by atoms with E-state index in [1.807, 2.05) is 45.4 Å². The minimum absolute atomic E-state index is 0.00519. The Balaban J connectivity index is 4.42. The molecule has 0 heterocycles. The lowest BCUT2D eigenvalue weighted by Gasteiger charge is -2.28. The largest absolute Gasteiger partial charge is 0.756 e. The van der Waals surface area contributed by atoms with Gasteiger partial charge in [0.15, 0.2) is 6.10 Å². The monoisotopic (exact) mass is 782 g/mol. The predicted molar refractivity (Wildman–Crippen MR) is 223 cm³/mol. The summed E-state index contributed by atoms with van der Waals surface area (Å²) in [6, 6.07) is 0. The van der Waals surface area contributed by atoms with Crippen LogP contribution in [0.25, 0.3) is 0 Å². The highest BCUT2D eigenvalue weighted by molar-refractivity contribution is 7.45. The first-order chi connectivity index (χ1) is 26.0. The Morgan fingerprint density at radius 2 is 1.33 bits per heavy atom. The summed E-state index contributed by atoms with van der Waals surface area (Å²) in [5.41, 5.74) is 0. The molecule has 0 fully saturated rings. The van der Waals surface area contributed by atoms with Crippen LogP contribution in [0, 0.1) is 0 Å². The van der Waals surface area contributed by atoms with E-state index in [9.17, 15) is 19.4 Å². The van der Waals surface area contributed by atoms with E-state index in [1.54, 1.807) is 6.26 Å². The van der Waals surface area contributed by atoms with E-state index in [-0.39, 0.29) is 26.2 Å². The number of esters is 1. The van der Waals surface area contributed by atoms with Gasteiger partial charge in [-0.25, -0.2) is 0 Å². The van der Waals surface area contributed by atoms with Crippen LogP contribution in [0.2, 0.25) is 0 Å². The topological polar surface area (TPSA) is 114 Å². The van der Waals surface area contributed by atoms with Gasteiger partial charge in [0.25, 0.3) is 7.82 Å². The molecule has 9 nitrogen and oxygen atoms in total. The van der Waals surface area contributed by atoms with Crippen LogP contribution in [0.5, 0.6) is 0 Å². The van der Waals surface area contributed by atoms with Gasteiger partial charge >= 0.3 is 5.97 Å². The Labute approximate surface area is 331 Å². The molecule has 0 saturated carbocycles. The van der Waals surface area contributed by atoms with Crippen LogP contribution in [0.3, 0.4) is 0 Å². The SMILES string of the molecule is CC/C=C/C/C=C/C=C/C(O)CCCCCCCC(=O)O[C@H](CO/C=C/CCCCCCCC/C=C\CCCCCC)COP(=O)([O-])OCC[N+](C)(C)C. The molecule has 0 aliphatic rings. The van der Waals surface area contributed by atoms with Gasteiger partial charge in [0.1, 0.15) is 19.8 Å². The van der Waals surface area contributed by atoms with Crippen molar-refractivity contribution in [3.05, 3.63) is 60.9 Å². The summed E-state index contributed by atoms with van der Waals surface area (Å²) in [5, 5.41) is 10.1.